The fourth-order valence-electron chi connectivity index (χ4n) is 2.72. The van der Waals surface area contributed by atoms with Crippen LogP contribution < -0.4 is 10.6 Å². The zero-order valence-corrected chi connectivity index (χ0v) is 13.2. The average molecular weight is 290 g/mol. The molecule has 2 unspecified atom stereocenters. The highest BCUT2D eigenvalue weighted by atomic mass is 16.5. The van der Waals surface area contributed by atoms with Gasteiger partial charge in [-0.25, -0.2) is 0 Å². The van der Waals surface area contributed by atoms with Crippen molar-refractivity contribution in [3.8, 4) is 0 Å². The monoisotopic (exact) mass is 290 g/mol. The van der Waals surface area contributed by atoms with Crippen LogP contribution in [0.15, 0.2) is 24.3 Å². The van der Waals surface area contributed by atoms with E-state index in [0.717, 1.165) is 30.7 Å². The van der Waals surface area contributed by atoms with Gasteiger partial charge in [0, 0.05) is 25.4 Å². The molecule has 116 valence electrons. The number of ether oxygens (including phenoxy) is 1. The number of nitrogens with one attached hydrogen (secondary N) is 2. The number of para-hydroxylation sites is 1. The lowest BCUT2D eigenvalue weighted by atomic mass is 9.95. The quantitative estimate of drug-likeness (QED) is 0.876. The number of hydrogen-bond donors (Lipinski definition) is 2. The van der Waals surface area contributed by atoms with Gasteiger partial charge >= 0.3 is 0 Å². The minimum atomic E-state index is 0.0382. The number of likely N-dealkylation sites (N-methyl/N-ethyl adjacent to an activating group) is 1. The molecule has 0 aromatic heterocycles. The van der Waals surface area contributed by atoms with Crippen LogP contribution in [0.4, 0.5) is 5.69 Å². The van der Waals surface area contributed by atoms with Crippen molar-refractivity contribution in [1.29, 1.82) is 0 Å². The molecule has 1 amide bonds. The van der Waals surface area contributed by atoms with E-state index < -0.39 is 0 Å². The first-order valence-corrected chi connectivity index (χ1v) is 7.76. The molecule has 2 atom stereocenters. The maximum absolute atomic E-state index is 11.6. The molecule has 1 aromatic carbocycles. The number of amides is 1. The van der Waals surface area contributed by atoms with Gasteiger partial charge < -0.3 is 15.4 Å². The Labute approximate surface area is 127 Å². The number of rotatable bonds is 5. The van der Waals surface area contributed by atoms with E-state index in [2.05, 4.69) is 30.5 Å². The lowest BCUT2D eigenvalue weighted by molar-refractivity contribution is -0.119. The summed E-state index contributed by atoms with van der Waals surface area (Å²) >= 11 is 0. The fourth-order valence-corrected chi connectivity index (χ4v) is 2.72. The summed E-state index contributed by atoms with van der Waals surface area (Å²) in [6, 6.07) is 8.46. The zero-order chi connectivity index (χ0) is 15.2. The molecule has 4 heteroatoms. The van der Waals surface area contributed by atoms with E-state index in [9.17, 15) is 4.79 Å². The van der Waals surface area contributed by atoms with Gasteiger partial charge in [-0.2, -0.15) is 0 Å². The molecule has 1 aromatic rings. The molecule has 2 N–H and O–H groups in total. The first-order chi connectivity index (χ1) is 10.1. The maximum Gasteiger partial charge on any atom is 0.224 e. The molecule has 0 aliphatic carbocycles. The predicted molar refractivity (Wildman–Crippen MR) is 85.4 cm³/mol. The minimum absolute atomic E-state index is 0.0382. The third-order valence-electron chi connectivity index (χ3n) is 4.07. The number of carbonyl (C=O) groups is 1. The molecule has 0 spiro atoms. The Bertz CT molecular complexity index is 474. The standard InChI is InChI=1S/C17H26N2O2/c1-12(2)16-11-14(8-9-21-16)19-15-7-5-4-6-13(15)10-17(20)18-3/h4-7,12,14,16,19H,8-11H2,1-3H3,(H,18,20). The Morgan fingerprint density at radius 1 is 1.38 bits per heavy atom. The van der Waals surface area contributed by atoms with Gasteiger partial charge in [-0.3, -0.25) is 4.79 Å². The van der Waals surface area contributed by atoms with Crippen LogP contribution in [0, 0.1) is 5.92 Å². The maximum atomic E-state index is 11.6. The minimum Gasteiger partial charge on any atom is -0.382 e. The Hall–Kier alpha value is -1.55. The van der Waals surface area contributed by atoms with Crippen molar-refractivity contribution in [2.24, 2.45) is 5.92 Å². The largest absolute Gasteiger partial charge is 0.382 e. The molecular weight excluding hydrogens is 264 g/mol. The van der Waals surface area contributed by atoms with E-state index in [0.29, 0.717) is 24.5 Å². The van der Waals surface area contributed by atoms with Gasteiger partial charge in [-0.15, -0.1) is 0 Å². The van der Waals surface area contributed by atoms with Crippen LogP contribution in [0.5, 0.6) is 0 Å². The van der Waals surface area contributed by atoms with Gasteiger partial charge in [0.1, 0.15) is 0 Å². The molecule has 1 saturated heterocycles. The highest BCUT2D eigenvalue weighted by molar-refractivity contribution is 5.80. The summed E-state index contributed by atoms with van der Waals surface area (Å²) in [5, 5.41) is 6.28. The summed E-state index contributed by atoms with van der Waals surface area (Å²) in [6.45, 7) is 5.21. The predicted octanol–water partition coefficient (Wildman–Crippen LogP) is 2.59. The molecule has 1 fully saturated rings. The fraction of sp³-hybridized carbons (Fsp3) is 0.588. The molecule has 4 nitrogen and oxygen atoms in total. The molecule has 0 bridgehead atoms. The van der Waals surface area contributed by atoms with Crippen molar-refractivity contribution in [3.05, 3.63) is 29.8 Å². The molecule has 0 saturated carbocycles. The summed E-state index contributed by atoms with van der Waals surface area (Å²) in [6.07, 6.45) is 2.77. The van der Waals surface area contributed by atoms with E-state index in [1.54, 1.807) is 7.05 Å². The van der Waals surface area contributed by atoms with E-state index in [1.165, 1.54) is 0 Å². The van der Waals surface area contributed by atoms with Crippen molar-refractivity contribution in [1.82, 2.24) is 5.32 Å². The molecule has 21 heavy (non-hydrogen) atoms. The Morgan fingerprint density at radius 2 is 2.14 bits per heavy atom. The summed E-state index contributed by atoms with van der Waals surface area (Å²) in [5.41, 5.74) is 2.11. The number of carbonyl (C=O) groups excluding carboxylic acids is 1. The SMILES string of the molecule is CNC(=O)Cc1ccccc1NC1CCOC(C(C)C)C1. The number of hydrogen-bond acceptors (Lipinski definition) is 3. The first kappa shape index (κ1) is 15.8. The Morgan fingerprint density at radius 3 is 2.86 bits per heavy atom. The lowest BCUT2D eigenvalue weighted by Crippen LogP contribution is -2.36. The lowest BCUT2D eigenvalue weighted by Gasteiger charge is -2.33. The van der Waals surface area contributed by atoms with Crippen LogP contribution in [0.25, 0.3) is 0 Å². The van der Waals surface area contributed by atoms with Crippen molar-refractivity contribution < 1.29 is 9.53 Å². The van der Waals surface area contributed by atoms with Crippen molar-refractivity contribution in [3.63, 3.8) is 0 Å². The van der Waals surface area contributed by atoms with Gasteiger partial charge in [0.05, 0.1) is 12.5 Å². The third-order valence-corrected chi connectivity index (χ3v) is 4.07. The normalized spacial score (nSPS) is 22.1. The van der Waals surface area contributed by atoms with E-state index >= 15 is 0 Å². The zero-order valence-electron chi connectivity index (χ0n) is 13.2. The summed E-state index contributed by atoms with van der Waals surface area (Å²) < 4.78 is 5.82. The van der Waals surface area contributed by atoms with Crippen molar-refractivity contribution in [2.45, 2.75) is 45.3 Å². The summed E-state index contributed by atoms with van der Waals surface area (Å²) in [7, 11) is 1.67. The van der Waals surface area contributed by atoms with Crippen LogP contribution >= 0.6 is 0 Å². The summed E-state index contributed by atoms with van der Waals surface area (Å²) in [4.78, 5) is 11.6. The second-order valence-electron chi connectivity index (χ2n) is 6.03. The van der Waals surface area contributed by atoms with Crippen LogP contribution in [0.3, 0.4) is 0 Å². The van der Waals surface area contributed by atoms with Gasteiger partial charge in [-0.05, 0) is 30.4 Å². The van der Waals surface area contributed by atoms with Crippen LogP contribution in [0.1, 0.15) is 32.3 Å². The average Bonchev–Trinajstić information content (AvgIpc) is 2.49. The third kappa shape index (κ3) is 4.46. The molecule has 2 rings (SSSR count). The first-order valence-electron chi connectivity index (χ1n) is 7.76. The Balaban J connectivity index is 2.03. The van der Waals surface area contributed by atoms with E-state index in [1.807, 2.05) is 18.2 Å². The van der Waals surface area contributed by atoms with E-state index in [4.69, 9.17) is 4.74 Å². The van der Waals surface area contributed by atoms with Crippen molar-refractivity contribution >= 4 is 11.6 Å². The van der Waals surface area contributed by atoms with Gasteiger partial charge in [0.15, 0.2) is 0 Å². The smallest absolute Gasteiger partial charge is 0.224 e. The molecule has 0 radical (unpaired) electrons. The Kier molecular flexibility index (Phi) is 5.62. The second-order valence-corrected chi connectivity index (χ2v) is 6.03. The number of benzene rings is 1. The molecule has 1 heterocycles. The second kappa shape index (κ2) is 7.46. The topological polar surface area (TPSA) is 50.4 Å². The molecular formula is C17H26N2O2. The highest BCUT2D eigenvalue weighted by Crippen LogP contribution is 2.25. The molecule has 1 aliphatic rings. The van der Waals surface area contributed by atoms with E-state index in [-0.39, 0.29) is 5.91 Å². The van der Waals surface area contributed by atoms with Gasteiger partial charge in [0.25, 0.3) is 0 Å². The highest BCUT2D eigenvalue weighted by Gasteiger charge is 2.25. The summed E-state index contributed by atoms with van der Waals surface area (Å²) in [5.74, 6) is 0.576. The molecule has 1 aliphatic heterocycles. The van der Waals surface area contributed by atoms with Crippen LogP contribution in [-0.4, -0.2) is 31.7 Å². The van der Waals surface area contributed by atoms with Gasteiger partial charge in [0.2, 0.25) is 5.91 Å². The number of anilines is 1. The van der Waals surface area contributed by atoms with Crippen LogP contribution in [-0.2, 0) is 16.0 Å². The van der Waals surface area contributed by atoms with Crippen molar-refractivity contribution in [2.75, 3.05) is 19.0 Å². The van der Waals surface area contributed by atoms with Crippen LogP contribution in [0.2, 0.25) is 0 Å². The van der Waals surface area contributed by atoms with Gasteiger partial charge in [-0.1, -0.05) is 32.0 Å².